The molecule has 2 aromatic rings. The zero-order chi connectivity index (χ0) is 19.7. The number of hydrogen-bond donors (Lipinski definition) is 1. The Morgan fingerprint density at radius 2 is 2.04 bits per heavy atom. The number of anilines is 1. The number of hydrogen-bond acceptors (Lipinski definition) is 5. The van der Waals surface area contributed by atoms with Gasteiger partial charge in [0.15, 0.2) is 0 Å². The van der Waals surface area contributed by atoms with Gasteiger partial charge in [0.05, 0.1) is 11.3 Å². The summed E-state index contributed by atoms with van der Waals surface area (Å²) in [5, 5.41) is 12.1. The summed E-state index contributed by atoms with van der Waals surface area (Å²) in [5.74, 6) is 2.73. The van der Waals surface area contributed by atoms with Crippen LogP contribution < -0.4 is 5.32 Å². The zero-order valence-electron chi connectivity index (χ0n) is 16.0. The first kappa shape index (κ1) is 19.1. The summed E-state index contributed by atoms with van der Waals surface area (Å²) in [6.07, 6.45) is 3.90. The predicted molar refractivity (Wildman–Crippen MR) is 98.0 cm³/mol. The van der Waals surface area contributed by atoms with E-state index in [1.807, 2.05) is 0 Å². The van der Waals surface area contributed by atoms with Crippen LogP contribution in [0.5, 0.6) is 0 Å². The average Bonchev–Trinajstić information content (AvgIpc) is 3.11. The van der Waals surface area contributed by atoms with Crippen molar-refractivity contribution >= 4 is 5.95 Å². The fourth-order valence-electron chi connectivity index (χ4n) is 4.36. The fourth-order valence-corrected chi connectivity index (χ4v) is 4.36. The van der Waals surface area contributed by atoms with Crippen molar-refractivity contribution in [2.75, 3.05) is 5.32 Å². The van der Waals surface area contributed by atoms with Crippen LogP contribution in [0.3, 0.4) is 0 Å². The van der Waals surface area contributed by atoms with Gasteiger partial charge in [-0.2, -0.15) is 13.2 Å². The molecule has 1 fully saturated rings. The molecule has 1 aliphatic heterocycles. The Morgan fingerprint density at radius 1 is 1.18 bits per heavy atom. The van der Waals surface area contributed by atoms with Crippen LogP contribution in [-0.2, 0) is 25.6 Å². The lowest BCUT2D eigenvalue weighted by Gasteiger charge is -2.30. The van der Waals surface area contributed by atoms with Gasteiger partial charge in [-0.05, 0) is 38.5 Å². The number of nitrogens with zero attached hydrogens (tertiary/aromatic N) is 5. The number of aryl methyl sites for hydroxylation is 2. The van der Waals surface area contributed by atoms with E-state index in [-0.39, 0.29) is 24.1 Å². The van der Waals surface area contributed by atoms with Gasteiger partial charge in [-0.15, -0.1) is 10.2 Å². The van der Waals surface area contributed by atoms with Gasteiger partial charge in [-0.3, -0.25) is 0 Å². The molecule has 4 rings (SSSR count). The van der Waals surface area contributed by atoms with E-state index >= 15 is 0 Å². The quantitative estimate of drug-likeness (QED) is 0.845. The van der Waals surface area contributed by atoms with Crippen LogP contribution in [-0.4, -0.2) is 30.8 Å². The van der Waals surface area contributed by atoms with Crippen LogP contribution in [0.2, 0.25) is 0 Å². The first-order valence-electron chi connectivity index (χ1n) is 10.1. The number of alkyl halides is 3. The standard InChI is InChI=1S/C19H25F3N6/c1-2-15-14(19(20,21)22)11-23-18(25-15)24-13-7-5-6-12(10-13)17-27-26-16-8-3-4-9-28(16)17/h11-13H,2-10H2,1H3,(H,23,24,25)/t12-,13+/m0/s1. The molecular weight excluding hydrogens is 369 g/mol. The Balaban J connectivity index is 1.48. The molecule has 0 aromatic carbocycles. The Kier molecular flexibility index (Phi) is 5.25. The van der Waals surface area contributed by atoms with Crippen LogP contribution >= 0.6 is 0 Å². The lowest BCUT2D eigenvalue weighted by Crippen LogP contribution is -2.29. The van der Waals surface area contributed by atoms with E-state index in [4.69, 9.17) is 0 Å². The second-order valence-corrected chi connectivity index (χ2v) is 7.69. The minimum Gasteiger partial charge on any atom is -0.351 e. The summed E-state index contributed by atoms with van der Waals surface area (Å²) in [5.41, 5.74) is -0.721. The molecule has 0 unspecified atom stereocenters. The second-order valence-electron chi connectivity index (χ2n) is 7.69. The molecule has 3 heterocycles. The lowest BCUT2D eigenvalue weighted by molar-refractivity contribution is -0.138. The monoisotopic (exact) mass is 394 g/mol. The molecule has 2 atom stereocenters. The minimum absolute atomic E-state index is 0.0314. The number of halogens is 3. The highest BCUT2D eigenvalue weighted by molar-refractivity contribution is 5.32. The highest BCUT2D eigenvalue weighted by atomic mass is 19.4. The molecule has 1 aliphatic carbocycles. The van der Waals surface area contributed by atoms with E-state index in [1.54, 1.807) is 6.92 Å². The molecule has 152 valence electrons. The molecule has 0 amide bonds. The lowest BCUT2D eigenvalue weighted by atomic mass is 9.85. The van der Waals surface area contributed by atoms with E-state index in [0.717, 1.165) is 69.3 Å². The Bertz CT molecular complexity index is 832. The predicted octanol–water partition coefficient (Wildman–Crippen LogP) is 4.12. The van der Waals surface area contributed by atoms with Gasteiger partial charge in [0.2, 0.25) is 5.95 Å². The Labute approximate surface area is 162 Å². The van der Waals surface area contributed by atoms with Crippen molar-refractivity contribution in [1.82, 2.24) is 24.7 Å². The Hall–Kier alpha value is -2.19. The van der Waals surface area contributed by atoms with Crippen LogP contribution in [0.15, 0.2) is 6.20 Å². The molecule has 0 bridgehead atoms. The summed E-state index contributed by atoms with van der Waals surface area (Å²) in [4.78, 5) is 8.06. The van der Waals surface area contributed by atoms with Crippen molar-refractivity contribution in [3.05, 3.63) is 29.1 Å². The van der Waals surface area contributed by atoms with E-state index in [9.17, 15) is 13.2 Å². The van der Waals surface area contributed by atoms with Gasteiger partial charge < -0.3 is 9.88 Å². The topological polar surface area (TPSA) is 68.5 Å². The summed E-state index contributed by atoms with van der Waals surface area (Å²) in [7, 11) is 0. The van der Waals surface area contributed by atoms with Crippen molar-refractivity contribution in [3.63, 3.8) is 0 Å². The summed E-state index contributed by atoms with van der Waals surface area (Å²) < 4.78 is 41.4. The van der Waals surface area contributed by atoms with Crippen LogP contribution in [0.1, 0.15) is 74.3 Å². The number of rotatable bonds is 4. The van der Waals surface area contributed by atoms with Gasteiger partial charge in [-0.25, -0.2) is 9.97 Å². The van der Waals surface area contributed by atoms with Crippen LogP contribution in [0.25, 0.3) is 0 Å². The summed E-state index contributed by atoms with van der Waals surface area (Å²) >= 11 is 0. The van der Waals surface area contributed by atoms with Gasteiger partial charge in [0.1, 0.15) is 11.6 Å². The third-order valence-electron chi connectivity index (χ3n) is 5.77. The molecule has 0 saturated heterocycles. The van der Waals surface area contributed by atoms with E-state index in [0.29, 0.717) is 5.92 Å². The molecule has 0 radical (unpaired) electrons. The van der Waals surface area contributed by atoms with Crippen molar-refractivity contribution in [3.8, 4) is 0 Å². The van der Waals surface area contributed by atoms with Gasteiger partial charge in [0, 0.05) is 31.1 Å². The van der Waals surface area contributed by atoms with Crippen molar-refractivity contribution < 1.29 is 13.2 Å². The summed E-state index contributed by atoms with van der Waals surface area (Å²) in [6.45, 7) is 2.65. The molecule has 28 heavy (non-hydrogen) atoms. The molecule has 2 aromatic heterocycles. The van der Waals surface area contributed by atoms with E-state index in [1.165, 1.54) is 0 Å². The average molecular weight is 394 g/mol. The third-order valence-corrected chi connectivity index (χ3v) is 5.77. The van der Waals surface area contributed by atoms with Crippen molar-refractivity contribution in [2.24, 2.45) is 0 Å². The maximum atomic E-state index is 13.1. The summed E-state index contributed by atoms with van der Waals surface area (Å²) in [6, 6.07) is 0.122. The maximum Gasteiger partial charge on any atom is 0.419 e. The van der Waals surface area contributed by atoms with Gasteiger partial charge in [0.25, 0.3) is 0 Å². The van der Waals surface area contributed by atoms with E-state index < -0.39 is 11.7 Å². The van der Waals surface area contributed by atoms with Crippen molar-refractivity contribution in [2.45, 2.75) is 83.0 Å². The molecular formula is C19H25F3N6. The third kappa shape index (κ3) is 3.84. The largest absolute Gasteiger partial charge is 0.419 e. The minimum atomic E-state index is -4.42. The SMILES string of the molecule is CCc1nc(N[C@@H]2CCC[C@H](c3nnc4n3CCCC4)C2)ncc1C(F)(F)F. The molecule has 6 nitrogen and oxygen atoms in total. The highest BCUT2D eigenvalue weighted by Crippen LogP contribution is 2.35. The van der Waals surface area contributed by atoms with Gasteiger partial charge >= 0.3 is 6.18 Å². The first-order chi connectivity index (χ1) is 13.5. The Morgan fingerprint density at radius 3 is 2.82 bits per heavy atom. The normalized spacial score (nSPS) is 22.7. The smallest absolute Gasteiger partial charge is 0.351 e. The molecule has 9 heteroatoms. The number of nitrogens with one attached hydrogen (secondary N) is 1. The highest BCUT2D eigenvalue weighted by Gasteiger charge is 2.35. The van der Waals surface area contributed by atoms with E-state index in [2.05, 4.69) is 30.0 Å². The number of fused-ring (bicyclic) bond motifs is 1. The van der Waals surface area contributed by atoms with Crippen LogP contribution in [0.4, 0.5) is 19.1 Å². The van der Waals surface area contributed by atoms with Crippen molar-refractivity contribution in [1.29, 1.82) is 0 Å². The van der Waals surface area contributed by atoms with Crippen LogP contribution in [0, 0.1) is 0 Å². The van der Waals surface area contributed by atoms with Gasteiger partial charge in [-0.1, -0.05) is 13.3 Å². The molecule has 1 N–H and O–H groups in total. The number of aromatic nitrogens is 5. The molecule has 1 saturated carbocycles. The zero-order valence-corrected chi connectivity index (χ0v) is 16.0. The fraction of sp³-hybridized carbons (Fsp3) is 0.684. The molecule has 0 spiro atoms. The first-order valence-corrected chi connectivity index (χ1v) is 10.1. The molecule has 2 aliphatic rings. The maximum absolute atomic E-state index is 13.1. The second kappa shape index (κ2) is 7.67.